The lowest BCUT2D eigenvalue weighted by Crippen LogP contribution is -2.40. The SMILES string of the molecule is COC(=O)C1CN(S(=O)(=O)c2cccc(Sc3ccccc3)c2)Cc2ccccc21. The molecular weight excluding hydrogens is 418 g/mol. The Morgan fingerprint density at radius 2 is 1.67 bits per heavy atom. The molecule has 0 fully saturated rings. The lowest BCUT2D eigenvalue weighted by atomic mass is 9.91. The van der Waals surface area contributed by atoms with Gasteiger partial charge in [0, 0.05) is 22.9 Å². The van der Waals surface area contributed by atoms with Crippen LogP contribution in [0.5, 0.6) is 0 Å². The number of carbonyl (C=O) groups excluding carboxylic acids is 1. The lowest BCUT2D eigenvalue weighted by molar-refractivity contribution is -0.142. The van der Waals surface area contributed by atoms with Gasteiger partial charge in [-0.15, -0.1) is 0 Å². The van der Waals surface area contributed by atoms with E-state index in [0.29, 0.717) is 0 Å². The molecule has 1 aliphatic rings. The second kappa shape index (κ2) is 8.63. The molecule has 30 heavy (non-hydrogen) atoms. The first kappa shape index (κ1) is 20.7. The number of hydrogen-bond acceptors (Lipinski definition) is 5. The topological polar surface area (TPSA) is 63.7 Å². The van der Waals surface area contributed by atoms with Gasteiger partial charge in [-0.2, -0.15) is 4.31 Å². The Morgan fingerprint density at radius 3 is 2.43 bits per heavy atom. The van der Waals surface area contributed by atoms with Crippen LogP contribution in [-0.4, -0.2) is 32.3 Å². The Kier molecular flexibility index (Phi) is 5.94. The van der Waals surface area contributed by atoms with Gasteiger partial charge in [-0.1, -0.05) is 60.3 Å². The molecule has 7 heteroatoms. The number of hydrogen-bond donors (Lipinski definition) is 0. The Labute approximate surface area is 180 Å². The van der Waals surface area contributed by atoms with E-state index < -0.39 is 21.9 Å². The van der Waals surface area contributed by atoms with E-state index in [1.807, 2.05) is 60.7 Å². The van der Waals surface area contributed by atoms with Crippen LogP contribution in [0.2, 0.25) is 0 Å². The number of benzene rings is 3. The van der Waals surface area contributed by atoms with Crippen LogP contribution in [0.4, 0.5) is 0 Å². The predicted molar refractivity (Wildman–Crippen MR) is 116 cm³/mol. The Balaban J connectivity index is 1.65. The van der Waals surface area contributed by atoms with Crippen molar-refractivity contribution in [2.75, 3.05) is 13.7 Å². The number of esters is 1. The smallest absolute Gasteiger partial charge is 0.314 e. The average molecular weight is 440 g/mol. The molecule has 1 unspecified atom stereocenters. The van der Waals surface area contributed by atoms with Gasteiger partial charge in [0.2, 0.25) is 10.0 Å². The van der Waals surface area contributed by atoms with Gasteiger partial charge in [0.05, 0.1) is 17.9 Å². The maximum Gasteiger partial charge on any atom is 0.314 e. The van der Waals surface area contributed by atoms with Crippen molar-refractivity contribution in [3.05, 3.63) is 90.0 Å². The molecule has 0 aromatic heterocycles. The first-order chi connectivity index (χ1) is 14.5. The minimum Gasteiger partial charge on any atom is -0.469 e. The first-order valence-corrected chi connectivity index (χ1v) is 11.7. The van der Waals surface area contributed by atoms with Crippen LogP contribution in [0.3, 0.4) is 0 Å². The van der Waals surface area contributed by atoms with Crippen LogP contribution in [0.15, 0.2) is 93.5 Å². The monoisotopic (exact) mass is 439 g/mol. The number of fused-ring (bicyclic) bond motifs is 1. The third-order valence-electron chi connectivity index (χ3n) is 5.07. The zero-order valence-corrected chi connectivity index (χ0v) is 18.0. The fourth-order valence-corrected chi connectivity index (χ4v) is 6.02. The van der Waals surface area contributed by atoms with Crippen molar-refractivity contribution >= 4 is 27.8 Å². The third kappa shape index (κ3) is 4.14. The molecule has 0 spiro atoms. The van der Waals surface area contributed by atoms with E-state index in [9.17, 15) is 13.2 Å². The zero-order valence-electron chi connectivity index (χ0n) is 16.4. The number of sulfonamides is 1. The van der Waals surface area contributed by atoms with Crippen molar-refractivity contribution in [1.29, 1.82) is 0 Å². The molecule has 1 aliphatic heterocycles. The maximum absolute atomic E-state index is 13.4. The van der Waals surface area contributed by atoms with E-state index in [1.165, 1.54) is 23.2 Å². The molecule has 4 rings (SSSR count). The quantitative estimate of drug-likeness (QED) is 0.555. The predicted octanol–water partition coefficient (Wildman–Crippen LogP) is 4.30. The van der Waals surface area contributed by atoms with Gasteiger partial charge in [0.1, 0.15) is 0 Å². The molecule has 0 saturated heterocycles. The fraction of sp³-hybridized carbons (Fsp3) is 0.174. The van der Waals surface area contributed by atoms with Crippen LogP contribution in [-0.2, 0) is 26.1 Å². The van der Waals surface area contributed by atoms with Gasteiger partial charge in [-0.25, -0.2) is 8.42 Å². The number of rotatable bonds is 5. The molecule has 154 valence electrons. The standard InChI is InChI=1S/C23H21NO4S2/c1-28-23(25)22-16-24(15-17-8-5-6-13-21(17)22)30(26,27)20-12-7-11-19(14-20)29-18-9-3-2-4-10-18/h2-14,22H,15-16H2,1H3. The molecule has 0 amide bonds. The molecule has 5 nitrogen and oxygen atoms in total. The van der Waals surface area contributed by atoms with Crippen LogP contribution in [0.25, 0.3) is 0 Å². The molecule has 0 radical (unpaired) electrons. The molecule has 0 aliphatic carbocycles. The molecule has 3 aromatic rings. The van der Waals surface area contributed by atoms with Crippen molar-refractivity contribution < 1.29 is 17.9 Å². The van der Waals surface area contributed by atoms with Gasteiger partial charge in [-0.3, -0.25) is 4.79 Å². The van der Waals surface area contributed by atoms with Crippen molar-refractivity contribution in [2.45, 2.75) is 27.1 Å². The maximum atomic E-state index is 13.4. The second-order valence-electron chi connectivity index (χ2n) is 6.96. The molecule has 0 saturated carbocycles. The molecular formula is C23H21NO4S2. The minimum absolute atomic E-state index is 0.0576. The Morgan fingerprint density at radius 1 is 0.967 bits per heavy atom. The van der Waals surface area contributed by atoms with E-state index in [-0.39, 0.29) is 18.0 Å². The summed E-state index contributed by atoms with van der Waals surface area (Å²) in [6.45, 7) is 0.282. The summed E-state index contributed by atoms with van der Waals surface area (Å²) >= 11 is 1.51. The van der Waals surface area contributed by atoms with E-state index in [2.05, 4.69) is 0 Å². The first-order valence-electron chi connectivity index (χ1n) is 9.48. The Hall–Kier alpha value is -2.61. The highest BCUT2D eigenvalue weighted by Gasteiger charge is 2.37. The number of carbonyl (C=O) groups is 1. The van der Waals surface area contributed by atoms with Crippen molar-refractivity contribution in [2.24, 2.45) is 0 Å². The van der Waals surface area contributed by atoms with Gasteiger partial charge in [0.25, 0.3) is 0 Å². The summed E-state index contributed by atoms with van der Waals surface area (Å²) < 4.78 is 33.1. The highest BCUT2D eigenvalue weighted by atomic mass is 32.2. The van der Waals surface area contributed by atoms with Crippen LogP contribution < -0.4 is 0 Å². The Bertz CT molecular complexity index is 1160. The van der Waals surface area contributed by atoms with Gasteiger partial charge in [-0.05, 0) is 41.5 Å². The normalized spacial score (nSPS) is 16.6. The summed E-state index contributed by atoms with van der Waals surface area (Å²) in [7, 11) is -2.46. The zero-order chi connectivity index (χ0) is 21.1. The highest BCUT2D eigenvalue weighted by Crippen LogP contribution is 2.34. The average Bonchev–Trinajstić information content (AvgIpc) is 2.78. The van der Waals surface area contributed by atoms with E-state index in [1.54, 1.807) is 18.2 Å². The van der Waals surface area contributed by atoms with Crippen molar-refractivity contribution in [1.82, 2.24) is 4.31 Å². The molecule has 1 heterocycles. The summed E-state index contributed by atoms with van der Waals surface area (Å²) in [5.74, 6) is -1.08. The van der Waals surface area contributed by atoms with Gasteiger partial charge < -0.3 is 4.74 Å². The summed E-state index contributed by atoms with van der Waals surface area (Å²) in [5, 5.41) is 0. The van der Waals surface area contributed by atoms with Gasteiger partial charge in [0.15, 0.2) is 0 Å². The summed E-state index contributed by atoms with van der Waals surface area (Å²) in [6.07, 6.45) is 0. The lowest BCUT2D eigenvalue weighted by Gasteiger charge is -2.32. The summed E-state index contributed by atoms with van der Waals surface area (Å²) in [6, 6.07) is 24.1. The van der Waals surface area contributed by atoms with E-state index >= 15 is 0 Å². The van der Waals surface area contributed by atoms with Crippen LogP contribution >= 0.6 is 11.8 Å². The van der Waals surface area contributed by atoms with Crippen LogP contribution in [0.1, 0.15) is 17.0 Å². The molecule has 1 atom stereocenters. The van der Waals surface area contributed by atoms with E-state index in [4.69, 9.17) is 4.74 Å². The summed E-state index contributed by atoms with van der Waals surface area (Å²) in [4.78, 5) is 14.4. The van der Waals surface area contributed by atoms with Gasteiger partial charge >= 0.3 is 5.97 Å². The summed E-state index contributed by atoms with van der Waals surface area (Å²) in [5.41, 5.74) is 1.64. The van der Waals surface area contributed by atoms with Crippen molar-refractivity contribution in [3.63, 3.8) is 0 Å². The number of methoxy groups -OCH3 is 1. The minimum atomic E-state index is -3.78. The molecule has 3 aromatic carbocycles. The number of ether oxygens (including phenoxy) is 1. The molecule has 0 N–H and O–H groups in total. The van der Waals surface area contributed by atoms with Crippen molar-refractivity contribution in [3.8, 4) is 0 Å². The largest absolute Gasteiger partial charge is 0.469 e. The van der Waals surface area contributed by atoms with E-state index in [0.717, 1.165) is 20.9 Å². The highest BCUT2D eigenvalue weighted by molar-refractivity contribution is 7.99. The third-order valence-corrected chi connectivity index (χ3v) is 7.88. The molecule has 0 bridgehead atoms. The van der Waals surface area contributed by atoms with Crippen LogP contribution in [0, 0.1) is 0 Å². The fourth-order valence-electron chi connectivity index (χ4n) is 3.57. The second-order valence-corrected chi connectivity index (χ2v) is 10.0. The number of nitrogens with zero attached hydrogens (tertiary/aromatic N) is 1.